The Bertz CT molecular complexity index is 1260. The predicted octanol–water partition coefficient (Wildman–Crippen LogP) is 5.34. The summed E-state index contributed by atoms with van der Waals surface area (Å²) in [6.45, 7) is 2.59. The Morgan fingerprint density at radius 1 is 0.903 bits per heavy atom. The number of fused-ring (bicyclic) bond motifs is 3. The number of nitrogens with zero attached hydrogens (tertiary/aromatic N) is 2. The third-order valence-corrected chi connectivity index (χ3v) is 5.96. The molecule has 3 aromatic carbocycles. The molecular weight excluding hydrogens is 388 g/mol. The summed E-state index contributed by atoms with van der Waals surface area (Å²) in [4.78, 5) is 15.6. The topological polar surface area (TPSA) is 43.7 Å². The molecule has 1 aliphatic rings. The monoisotopic (exact) mass is 412 g/mol. The van der Waals surface area contributed by atoms with E-state index in [0.717, 1.165) is 44.9 Å². The van der Waals surface area contributed by atoms with Crippen molar-refractivity contribution in [1.29, 1.82) is 0 Å². The Morgan fingerprint density at radius 3 is 2.26 bits per heavy atom. The summed E-state index contributed by atoms with van der Waals surface area (Å²) in [7, 11) is 3.60. The van der Waals surface area contributed by atoms with Crippen LogP contribution in [0.15, 0.2) is 72.8 Å². The van der Waals surface area contributed by atoms with E-state index in [1.54, 1.807) is 7.11 Å². The molecule has 5 nitrogen and oxygen atoms in total. The number of hydrogen-bond acceptors (Lipinski definition) is 3. The minimum absolute atomic E-state index is 0.00208. The van der Waals surface area contributed by atoms with Gasteiger partial charge in [0.25, 0.3) is 5.91 Å². The molecule has 0 radical (unpaired) electrons. The Balaban J connectivity index is 1.71. The van der Waals surface area contributed by atoms with Gasteiger partial charge in [-0.2, -0.15) is 0 Å². The van der Waals surface area contributed by atoms with E-state index in [1.807, 2.05) is 72.0 Å². The number of carbonyl (C=O) groups is 1. The Hall–Kier alpha value is -3.73. The molecule has 1 aliphatic heterocycles. The zero-order valence-corrected chi connectivity index (χ0v) is 17.8. The number of aryl methyl sites for hydroxylation is 1. The molecule has 0 saturated heterocycles. The molecule has 1 aromatic heterocycles. The van der Waals surface area contributed by atoms with Gasteiger partial charge in [-0.1, -0.05) is 30.3 Å². The molecule has 0 bridgehead atoms. The number of amides is 1. The van der Waals surface area contributed by atoms with Crippen LogP contribution in [0.2, 0.25) is 0 Å². The fourth-order valence-corrected chi connectivity index (χ4v) is 4.56. The molecule has 2 heterocycles. The summed E-state index contributed by atoms with van der Waals surface area (Å²) in [6, 6.07) is 23.7. The van der Waals surface area contributed by atoms with Gasteiger partial charge in [-0.05, 0) is 55.0 Å². The molecule has 0 spiro atoms. The molecule has 4 aromatic rings. The fourth-order valence-electron chi connectivity index (χ4n) is 4.56. The van der Waals surface area contributed by atoms with E-state index >= 15 is 0 Å². The second-order valence-electron chi connectivity index (χ2n) is 7.62. The molecule has 0 N–H and O–H groups in total. The van der Waals surface area contributed by atoms with Crippen molar-refractivity contribution in [1.82, 2.24) is 4.57 Å². The maximum absolute atomic E-state index is 13.7. The standard InChI is InChI=1S/C26H24N2O3/c1-4-31-20-13-9-17(10-14-20)24-23-21-7-5-6-8-22(21)27(2)25(23)26(29)28(24)18-11-15-19(30-3)16-12-18/h5-16,24H,4H2,1-3H3. The number of aromatic nitrogens is 1. The van der Waals surface area contributed by atoms with Crippen molar-refractivity contribution >= 4 is 22.5 Å². The molecule has 1 amide bonds. The van der Waals surface area contributed by atoms with Crippen molar-refractivity contribution in [2.75, 3.05) is 18.6 Å². The number of methoxy groups -OCH3 is 1. The van der Waals surface area contributed by atoms with Crippen LogP contribution in [0.1, 0.15) is 34.6 Å². The minimum Gasteiger partial charge on any atom is -0.497 e. The van der Waals surface area contributed by atoms with Gasteiger partial charge >= 0.3 is 0 Å². The van der Waals surface area contributed by atoms with E-state index < -0.39 is 0 Å². The first-order valence-corrected chi connectivity index (χ1v) is 10.4. The summed E-state index contributed by atoms with van der Waals surface area (Å²) in [6.07, 6.45) is 0. The third-order valence-electron chi connectivity index (χ3n) is 5.96. The van der Waals surface area contributed by atoms with Crippen molar-refractivity contribution in [3.63, 3.8) is 0 Å². The lowest BCUT2D eigenvalue weighted by molar-refractivity contribution is 0.0986. The largest absolute Gasteiger partial charge is 0.497 e. The predicted molar refractivity (Wildman–Crippen MR) is 122 cm³/mol. The van der Waals surface area contributed by atoms with Crippen LogP contribution in [0, 0.1) is 0 Å². The average molecular weight is 412 g/mol. The molecule has 31 heavy (non-hydrogen) atoms. The highest BCUT2D eigenvalue weighted by atomic mass is 16.5. The summed E-state index contributed by atoms with van der Waals surface area (Å²) in [5.74, 6) is 1.58. The Kier molecular flexibility index (Phi) is 4.66. The van der Waals surface area contributed by atoms with Crippen LogP contribution in [0.4, 0.5) is 5.69 Å². The molecule has 1 unspecified atom stereocenters. The van der Waals surface area contributed by atoms with E-state index in [4.69, 9.17) is 9.47 Å². The lowest BCUT2D eigenvalue weighted by Crippen LogP contribution is -2.29. The van der Waals surface area contributed by atoms with E-state index in [9.17, 15) is 4.79 Å². The second kappa shape index (κ2) is 7.51. The zero-order chi connectivity index (χ0) is 21.5. The van der Waals surface area contributed by atoms with Crippen molar-refractivity contribution < 1.29 is 14.3 Å². The summed E-state index contributed by atoms with van der Waals surface area (Å²) in [5.41, 5.74) is 4.72. The highest BCUT2D eigenvalue weighted by molar-refractivity contribution is 6.15. The first kappa shape index (κ1) is 19.2. The van der Waals surface area contributed by atoms with Crippen LogP contribution in [0.5, 0.6) is 11.5 Å². The van der Waals surface area contributed by atoms with Crippen LogP contribution in [0.3, 0.4) is 0 Å². The lowest BCUT2D eigenvalue weighted by Gasteiger charge is -2.27. The maximum Gasteiger partial charge on any atom is 0.276 e. The van der Waals surface area contributed by atoms with Gasteiger partial charge < -0.3 is 14.0 Å². The van der Waals surface area contributed by atoms with Gasteiger partial charge in [0.15, 0.2) is 0 Å². The lowest BCUT2D eigenvalue weighted by atomic mass is 9.97. The average Bonchev–Trinajstić information content (AvgIpc) is 3.27. The summed E-state index contributed by atoms with van der Waals surface area (Å²) < 4.78 is 12.9. The van der Waals surface area contributed by atoms with Crippen molar-refractivity contribution in [3.8, 4) is 11.5 Å². The molecule has 5 heteroatoms. The quantitative estimate of drug-likeness (QED) is 0.445. The van der Waals surface area contributed by atoms with Gasteiger partial charge in [-0.15, -0.1) is 0 Å². The molecule has 5 rings (SSSR count). The first-order chi connectivity index (χ1) is 15.1. The normalized spacial score (nSPS) is 15.4. The molecule has 0 saturated carbocycles. The van der Waals surface area contributed by atoms with Crippen LogP contribution in [0.25, 0.3) is 10.9 Å². The van der Waals surface area contributed by atoms with Crippen molar-refractivity contribution in [2.24, 2.45) is 7.05 Å². The van der Waals surface area contributed by atoms with Gasteiger partial charge in [0.2, 0.25) is 0 Å². The van der Waals surface area contributed by atoms with E-state index in [0.29, 0.717) is 6.61 Å². The number of benzene rings is 3. The molecule has 0 fully saturated rings. The minimum atomic E-state index is -0.224. The van der Waals surface area contributed by atoms with Gasteiger partial charge in [0.1, 0.15) is 17.2 Å². The summed E-state index contributed by atoms with van der Waals surface area (Å²) in [5, 5.41) is 1.10. The molecular formula is C26H24N2O3. The SMILES string of the molecule is CCOc1ccc(C2c3c(n(C)c4ccccc34)C(=O)N2c2ccc(OC)cc2)cc1. The van der Waals surface area contributed by atoms with Crippen LogP contribution in [-0.2, 0) is 7.05 Å². The molecule has 1 atom stereocenters. The van der Waals surface area contributed by atoms with Gasteiger partial charge in [-0.25, -0.2) is 0 Å². The molecule has 0 aliphatic carbocycles. The van der Waals surface area contributed by atoms with Crippen molar-refractivity contribution in [3.05, 3.63) is 89.6 Å². The number of carbonyl (C=O) groups excluding carboxylic acids is 1. The van der Waals surface area contributed by atoms with Crippen molar-refractivity contribution in [2.45, 2.75) is 13.0 Å². The number of rotatable bonds is 5. The fraction of sp³-hybridized carbons (Fsp3) is 0.192. The maximum atomic E-state index is 13.7. The molecule has 156 valence electrons. The number of anilines is 1. The Morgan fingerprint density at radius 2 is 1.58 bits per heavy atom. The third kappa shape index (κ3) is 2.96. The van der Waals surface area contributed by atoms with Gasteiger partial charge in [-0.3, -0.25) is 9.69 Å². The van der Waals surface area contributed by atoms with Gasteiger partial charge in [0.05, 0.1) is 19.8 Å². The Labute approximate surface area is 181 Å². The number of hydrogen-bond donors (Lipinski definition) is 0. The zero-order valence-electron chi connectivity index (χ0n) is 17.8. The van der Waals surface area contributed by atoms with Crippen LogP contribution >= 0.6 is 0 Å². The van der Waals surface area contributed by atoms with Gasteiger partial charge in [0, 0.05) is 29.2 Å². The number of ether oxygens (including phenoxy) is 2. The van der Waals surface area contributed by atoms with Crippen LogP contribution < -0.4 is 14.4 Å². The summed E-state index contributed by atoms with van der Waals surface area (Å²) >= 11 is 0. The highest BCUT2D eigenvalue weighted by Gasteiger charge is 2.42. The van der Waals surface area contributed by atoms with Crippen LogP contribution in [-0.4, -0.2) is 24.2 Å². The second-order valence-corrected chi connectivity index (χ2v) is 7.62. The highest BCUT2D eigenvalue weighted by Crippen LogP contribution is 2.46. The van der Waals surface area contributed by atoms with E-state index in [-0.39, 0.29) is 11.9 Å². The smallest absolute Gasteiger partial charge is 0.276 e. The number of para-hydroxylation sites is 1. The van der Waals surface area contributed by atoms with E-state index in [2.05, 4.69) is 24.3 Å². The van der Waals surface area contributed by atoms with E-state index in [1.165, 1.54) is 0 Å². The first-order valence-electron chi connectivity index (χ1n) is 10.4.